The fourth-order valence-corrected chi connectivity index (χ4v) is 1.92. The Morgan fingerprint density at radius 3 is 2.69 bits per heavy atom. The molecule has 1 rings (SSSR count). The molecule has 0 aliphatic heterocycles. The van der Waals surface area contributed by atoms with Gasteiger partial charge in [0.2, 0.25) is 0 Å². The molecule has 0 spiro atoms. The topological polar surface area (TPSA) is 9.23 Å². The van der Waals surface area contributed by atoms with E-state index in [1.807, 2.05) is 18.2 Å². The van der Waals surface area contributed by atoms with Crippen LogP contribution in [0.1, 0.15) is 31.7 Å². The Labute approximate surface area is 108 Å². The Balaban J connectivity index is 2.36. The van der Waals surface area contributed by atoms with E-state index in [4.69, 9.17) is 27.9 Å². The molecule has 0 N–H and O–H groups in total. The van der Waals surface area contributed by atoms with Gasteiger partial charge in [0.15, 0.2) is 0 Å². The van der Waals surface area contributed by atoms with Gasteiger partial charge in [0.1, 0.15) is 5.75 Å². The predicted molar refractivity (Wildman–Crippen MR) is 70.9 cm³/mol. The standard InChI is InChI=1S/C13H18Cl2O/c1-2-11-10-12(6-7-13(11)15)16-9-5-3-4-8-14/h6-7,10H,2-5,8-9H2,1H3. The largest absolute Gasteiger partial charge is 0.494 e. The van der Waals surface area contributed by atoms with Gasteiger partial charge in [-0.15, -0.1) is 11.6 Å². The molecule has 0 saturated carbocycles. The van der Waals surface area contributed by atoms with Crippen molar-refractivity contribution in [1.29, 1.82) is 0 Å². The number of halogens is 2. The van der Waals surface area contributed by atoms with Gasteiger partial charge in [-0.2, -0.15) is 0 Å². The van der Waals surface area contributed by atoms with Crippen molar-refractivity contribution < 1.29 is 4.74 Å². The minimum absolute atomic E-state index is 0.737. The number of benzene rings is 1. The molecular formula is C13H18Cl2O. The summed E-state index contributed by atoms with van der Waals surface area (Å²) in [5.41, 5.74) is 1.14. The molecule has 16 heavy (non-hydrogen) atoms. The summed E-state index contributed by atoms with van der Waals surface area (Å²) in [7, 11) is 0. The molecule has 0 aliphatic carbocycles. The van der Waals surface area contributed by atoms with Gasteiger partial charge in [-0.25, -0.2) is 0 Å². The van der Waals surface area contributed by atoms with Crippen molar-refractivity contribution in [2.24, 2.45) is 0 Å². The van der Waals surface area contributed by atoms with Crippen molar-refractivity contribution in [2.45, 2.75) is 32.6 Å². The molecule has 1 aromatic carbocycles. The van der Waals surface area contributed by atoms with Crippen LogP contribution in [-0.2, 0) is 6.42 Å². The van der Waals surface area contributed by atoms with E-state index >= 15 is 0 Å². The first-order valence-electron chi connectivity index (χ1n) is 5.75. The van der Waals surface area contributed by atoms with Crippen molar-refractivity contribution in [1.82, 2.24) is 0 Å². The summed E-state index contributed by atoms with van der Waals surface area (Å²) in [6, 6.07) is 5.83. The summed E-state index contributed by atoms with van der Waals surface area (Å²) in [5, 5.41) is 0.817. The van der Waals surface area contributed by atoms with Gasteiger partial charge < -0.3 is 4.74 Å². The molecule has 0 bridgehead atoms. The lowest BCUT2D eigenvalue weighted by molar-refractivity contribution is 0.306. The summed E-state index contributed by atoms with van der Waals surface area (Å²) in [6.07, 6.45) is 4.17. The summed E-state index contributed by atoms with van der Waals surface area (Å²) >= 11 is 11.6. The average Bonchev–Trinajstić information content (AvgIpc) is 2.31. The molecule has 0 heterocycles. The third kappa shape index (κ3) is 4.63. The van der Waals surface area contributed by atoms with Crippen LogP contribution in [0.5, 0.6) is 5.75 Å². The second-order valence-electron chi connectivity index (χ2n) is 3.70. The summed E-state index contributed by atoms with van der Waals surface area (Å²) < 4.78 is 5.65. The quantitative estimate of drug-likeness (QED) is 0.511. The highest BCUT2D eigenvalue weighted by Gasteiger charge is 2.00. The predicted octanol–water partition coefficient (Wildman–Crippen LogP) is 4.69. The SMILES string of the molecule is CCc1cc(OCCCCCCl)ccc1Cl. The highest BCUT2D eigenvalue weighted by Crippen LogP contribution is 2.22. The maximum atomic E-state index is 6.03. The molecule has 1 nitrogen and oxygen atoms in total. The molecule has 0 amide bonds. The first kappa shape index (κ1) is 13.7. The molecule has 0 saturated heterocycles. The van der Waals surface area contributed by atoms with Crippen LogP contribution in [-0.4, -0.2) is 12.5 Å². The van der Waals surface area contributed by atoms with Gasteiger partial charge in [-0.3, -0.25) is 0 Å². The van der Waals surface area contributed by atoms with Crippen LogP contribution in [0.15, 0.2) is 18.2 Å². The minimum Gasteiger partial charge on any atom is -0.494 e. The second-order valence-corrected chi connectivity index (χ2v) is 4.49. The van der Waals surface area contributed by atoms with Crippen LogP contribution in [0.3, 0.4) is 0 Å². The number of hydrogen-bond acceptors (Lipinski definition) is 1. The first-order valence-corrected chi connectivity index (χ1v) is 6.66. The van der Waals surface area contributed by atoms with Crippen molar-refractivity contribution in [3.63, 3.8) is 0 Å². The Hall–Kier alpha value is -0.400. The third-order valence-corrected chi connectivity index (χ3v) is 3.08. The van der Waals surface area contributed by atoms with Crippen LogP contribution in [0.2, 0.25) is 5.02 Å². The van der Waals surface area contributed by atoms with Crippen LogP contribution >= 0.6 is 23.2 Å². The van der Waals surface area contributed by atoms with Crippen molar-refractivity contribution in [3.05, 3.63) is 28.8 Å². The summed E-state index contributed by atoms with van der Waals surface area (Å²) in [6.45, 7) is 2.84. The Kier molecular flexibility index (Phi) is 6.67. The average molecular weight is 261 g/mol. The van der Waals surface area contributed by atoms with Crippen LogP contribution < -0.4 is 4.74 Å². The Morgan fingerprint density at radius 1 is 1.19 bits per heavy atom. The molecule has 0 unspecified atom stereocenters. The maximum Gasteiger partial charge on any atom is 0.119 e. The lowest BCUT2D eigenvalue weighted by atomic mass is 10.1. The van der Waals surface area contributed by atoms with Gasteiger partial charge in [0.05, 0.1) is 6.61 Å². The van der Waals surface area contributed by atoms with Crippen molar-refractivity contribution >= 4 is 23.2 Å². The highest BCUT2D eigenvalue weighted by atomic mass is 35.5. The maximum absolute atomic E-state index is 6.03. The summed E-state index contributed by atoms with van der Waals surface area (Å²) in [5.74, 6) is 1.65. The van der Waals surface area contributed by atoms with E-state index < -0.39 is 0 Å². The summed E-state index contributed by atoms with van der Waals surface area (Å²) in [4.78, 5) is 0. The number of unbranched alkanes of at least 4 members (excludes halogenated alkanes) is 2. The Morgan fingerprint density at radius 2 is 2.00 bits per heavy atom. The fraction of sp³-hybridized carbons (Fsp3) is 0.538. The first-order chi connectivity index (χ1) is 7.77. The third-order valence-electron chi connectivity index (χ3n) is 2.44. The smallest absolute Gasteiger partial charge is 0.119 e. The molecule has 1 aromatic rings. The number of aryl methyl sites for hydroxylation is 1. The highest BCUT2D eigenvalue weighted by molar-refractivity contribution is 6.31. The van der Waals surface area contributed by atoms with E-state index in [1.165, 1.54) is 0 Å². The van der Waals surface area contributed by atoms with E-state index in [0.717, 1.165) is 54.5 Å². The van der Waals surface area contributed by atoms with Gasteiger partial charge in [0, 0.05) is 10.9 Å². The number of ether oxygens (including phenoxy) is 1. The normalized spacial score (nSPS) is 10.4. The number of hydrogen-bond donors (Lipinski definition) is 0. The molecule has 0 aromatic heterocycles. The monoisotopic (exact) mass is 260 g/mol. The molecule has 0 radical (unpaired) electrons. The van der Waals surface area contributed by atoms with Gasteiger partial charge in [-0.1, -0.05) is 18.5 Å². The zero-order valence-electron chi connectivity index (χ0n) is 9.64. The molecule has 3 heteroatoms. The van der Waals surface area contributed by atoms with E-state index in [1.54, 1.807) is 0 Å². The van der Waals surface area contributed by atoms with Crippen LogP contribution in [0, 0.1) is 0 Å². The lowest BCUT2D eigenvalue weighted by Crippen LogP contribution is -1.98. The zero-order chi connectivity index (χ0) is 11.8. The van der Waals surface area contributed by atoms with Crippen LogP contribution in [0.4, 0.5) is 0 Å². The van der Waals surface area contributed by atoms with E-state index in [0.29, 0.717) is 0 Å². The molecular weight excluding hydrogens is 243 g/mol. The van der Waals surface area contributed by atoms with Crippen molar-refractivity contribution in [3.8, 4) is 5.75 Å². The molecule has 0 aliphatic rings. The molecule has 90 valence electrons. The Bertz CT molecular complexity index is 313. The van der Waals surface area contributed by atoms with E-state index in [-0.39, 0.29) is 0 Å². The van der Waals surface area contributed by atoms with E-state index in [2.05, 4.69) is 6.92 Å². The minimum atomic E-state index is 0.737. The molecule has 0 atom stereocenters. The van der Waals surface area contributed by atoms with Crippen LogP contribution in [0.25, 0.3) is 0 Å². The van der Waals surface area contributed by atoms with E-state index in [9.17, 15) is 0 Å². The second kappa shape index (κ2) is 7.81. The van der Waals surface area contributed by atoms with Gasteiger partial charge >= 0.3 is 0 Å². The zero-order valence-corrected chi connectivity index (χ0v) is 11.2. The lowest BCUT2D eigenvalue weighted by Gasteiger charge is -2.08. The van der Waals surface area contributed by atoms with Crippen molar-refractivity contribution in [2.75, 3.05) is 12.5 Å². The molecule has 0 fully saturated rings. The number of alkyl halides is 1. The van der Waals surface area contributed by atoms with Gasteiger partial charge in [0.25, 0.3) is 0 Å². The number of rotatable bonds is 7. The fourth-order valence-electron chi connectivity index (χ4n) is 1.48. The van der Waals surface area contributed by atoms with Gasteiger partial charge in [-0.05, 0) is 49.4 Å².